The van der Waals surface area contributed by atoms with E-state index in [1.165, 1.54) is 0 Å². The standard InChI is InChI=1S/C22H26N6O4/c1-22(4-9-30-14-22)20(29)26-5-7-27(8-6-26)21-24-19(25-32-21)15-2-3-16-11-23-28(18(16)10-15)17-12-31-13-17/h2-3,10-11,17H,4-9,12-14H2,1H3/t22-/m1/s1. The Bertz CT molecular complexity index is 1140. The maximum atomic E-state index is 12.9. The quantitative estimate of drug-likeness (QED) is 0.607. The van der Waals surface area contributed by atoms with Gasteiger partial charge in [-0.25, -0.2) is 0 Å². The van der Waals surface area contributed by atoms with Crippen molar-refractivity contribution < 1.29 is 18.8 Å². The van der Waals surface area contributed by atoms with Crippen molar-refractivity contribution in [2.45, 2.75) is 19.4 Å². The van der Waals surface area contributed by atoms with Crippen LogP contribution in [-0.2, 0) is 14.3 Å². The van der Waals surface area contributed by atoms with Gasteiger partial charge in [-0.1, -0.05) is 17.3 Å². The maximum absolute atomic E-state index is 12.9. The van der Waals surface area contributed by atoms with Gasteiger partial charge in [0, 0.05) is 43.7 Å². The predicted molar refractivity (Wildman–Crippen MR) is 115 cm³/mol. The Labute approximate surface area is 185 Å². The minimum absolute atomic E-state index is 0.183. The van der Waals surface area contributed by atoms with Crippen molar-refractivity contribution in [3.8, 4) is 11.4 Å². The number of ether oxygens (including phenoxy) is 2. The Balaban J connectivity index is 1.16. The smallest absolute Gasteiger partial charge is 0.324 e. The number of carbonyl (C=O) groups is 1. The molecule has 10 nitrogen and oxygen atoms in total. The van der Waals surface area contributed by atoms with Crippen LogP contribution in [0.5, 0.6) is 0 Å². The molecular weight excluding hydrogens is 412 g/mol. The Morgan fingerprint density at radius 1 is 1.16 bits per heavy atom. The average molecular weight is 438 g/mol. The van der Waals surface area contributed by atoms with Gasteiger partial charge in [0.05, 0.1) is 43.0 Å². The summed E-state index contributed by atoms with van der Waals surface area (Å²) in [5.41, 5.74) is 1.53. The second-order valence-corrected chi connectivity index (χ2v) is 9.10. The van der Waals surface area contributed by atoms with E-state index < -0.39 is 5.41 Å². The molecule has 3 aromatic rings. The second kappa shape index (κ2) is 7.56. The van der Waals surface area contributed by atoms with Crippen molar-refractivity contribution in [2.75, 3.05) is 57.5 Å². The first kappa shape index (κ1) is 19.7. The molecule has 0 radical (unpaired) electrons. The van der Waals surface area contributed by atoms with E-state index >= 15 is 0 Å². The number of anilines is 1. The predicted octanol–water partition coefficient (Wildman–Crippen LogP) is 1.73. The molecule has 0 aliphatic carbocycles. The summed E-state index contributed by atoms with van der Waals surface area (Å²) in [6.07, 6.45) is 2.66. The summed E-state index contributed by atoms with van der Waals surface area (Å²) in [6, 6.07) is 6.84. The summed E-state index contributed by atoms with van der Waals surface area (Å²) in [5.74, 6) is 0.733. The summed E-state index contributed by atoms with van der Waals surface area (Å²) in [6.45, 7) is 7.16. The van der Waals surface area contributed by atoms with E-state index in [0.717, 1.165) is 22.9 Å². The molecule has 1 amide bonds. The van der Waals surface area contributed by atoms with Crippen molar-refractivity contribution >= 4 is 22.8 Å². The molecule has 0 spiro atoms. The van der Waals surface area contributed by atoms with Crippen molar-refractivity contribution in [2.24, 2.45) is 5.41 Å². The molecule has 10 heteroatoms. The normalized spacial score (nSPS) is 24.3. The number of piperazine rings is 1. The van der Waals surface area contributed by atoms with Gasteiger partial charge in [0.25, 0.3) is 0 Å². The number of hydrogen-bond donors (Lipinski definition) is 0. The van der Waals surface area contributed by atoms with Crippen molar-refractivity contribution in [1.29, 1.82) is 0 Å². The fraction of sp³-hybridized carbons (Fsp3) is 0.545. The zero-order valence-electron chi connectivity index (χ0n) is 18.1. The van der Waals surface area contributed by atoms with E-state index in [0.29, 0.717) is 64.4 Å². The lowest BCUT2D eigenvalue weighted by Gasteiger charge is -2.37. The molecule has 2 aromatic heterocycles. The molecule has 1 aromatic carbocycles. The van der Waals surface area contributed by atoms with Crippen LogP contribution in [-0.4, -0.2) is 83.3 Å². The van der Waals surface area contributed by atoms with Crippen LogP contribution in [0.4, 0.5) is 6.01 Å². The highest BCUT2D eigenvalue weighted by Crippen LogP contribution is 2.31. The van der Waals surface area contributed by atoms with Gasteiger partial charge in [-0.3, -0.25) is 9.48 Å². The van der Waals surface area contributed by atoms with Crippen LogP contribution >= 0.6 is 0 Å². The Kier molecular flexibility index (Phi) is 4.65. The average Bonchev–Trinajstić information content (AvgIpc) is 3.53. The highest BCUT2D eigenvalue weighted by Gasteiger charge is 2.41. The van der Waals surface area contributed by atoms with Crippen LogP contribution in [0.15, 0.2) is 28.9 Å². The first-order valence-electron chi connectivity index (χ1n) is 11.1. The lowest BCUT2D eigenvalue weighted by Crippen LogP contribution is -2.53. The van der Waals surface area contributed by atoms with Gasteiger partial charge in [0.2, 0.25) is 11.7 Å². The number of hydrogen-bond acceptors (Lipinski definition) is 8. The van der Waals surface area contributed by atoms with Crippen LogP contribution in [0, 0.1) is 5.41 Å². The number of nitrogens with zero attached hydrogens (tertiary/aromatic N) is 6. The van der Waals surface area contributed by atoms with E-state index in [-0.39, 0.29) is 11.9 Å². The Morgan fingerprint density at radius 2 is 2.00 bits per heavy atom. The van der Waals surface area contributed by atoms with Gasteiger partial charge >= 0.3 is 6.01 Å². The van der Waals surface area contributed by atoms with Crippen molar-refractivity contribution in [3.63, 3.8) is 0 Å². The summed E-state index contributed by atoms with van der Waals surface area (Å²) in [4.78, 5) is 21.5. The summed E-state index contributed by atoms with van der Waals surface area (Å²) >= 11 is 0. The summed E-state index contributed by atoms with van der Waals surface area (Å²) < 4.78 is 18.4. The third-order valence-corrected chi connectivity index (χ3v) is 6.81. The van der Waals surface area contributed by atoms with Crippen LogP contribution in [0.3, 0.4) is 0 Å². The number of rotatable bonds is 4. The molecular formula is C22H26N6O4. The molecule has 0 saturated carbocycles. The molecule has 5 heterocycles. The molecule has 3 aliphatic heterocycles. The molecule has 3 saturated heterocycles. The van der Waals surface area contributed by atoms with Crippen LogP contribution in [0.25, 0.3) is 22.3 Å². The minimum Gasteiger partial charge on any atom is -0.380 e. The fourth-order valence-corrected chi connectivity index (χ4v) is 4.61. The van der Waals surface area contributed by atoms with E-state index in [1.807, 2.05) is 39.7 Å². The van der Waals surface area contributed by atoms with Gasteiger partial charge in [0.1, 0.15) is 0 Å². The van der Waals surface area contributed by atoms with Gasteiger partial charge in [0.15, 0.2) is 0 Å². The largest absolute Gasteiger partial charge is 0.380 e. The first-order chi connectivity index (χ1) is 15.6. The van der Waals surface area contributed by atoms with Gasteiger partial charge in [-0.05, 0) is 19.4 Å². The van der Waals surface area contributed by atoms with E-state index in [2.05, 4.69) is 21.3 Å². The zero-order valence-corrected chi connectivity index (χ0v) is 18.1. The maximum Gasteiger partial charge on any atom is 0.324 e. The third kappa shape index (κ3) is 3.25. The Morgan fingerprint density at radius 3 is 2.72 bits per heavy atom. The minimum atomic E-state index is -0.392. The van der Waals surface area contributed by atoms with Crippen molar-refractivity contribution in [1.82, 2.24) is 24.8 Å². The molecule has 3 aliphatic rings. The van der Waals surface area contributed by atoms with Gasteiger partial charge < -0.3 is 23.8 Å². The number of fused-ring (bicyclic) bond motifs is 1. The second-order valence-electron chi connectivity index (χ2n) is 9.10. The van der Waals surface area contributed by atoms with E-state index in [1.54, 1.807) is 0 Å². The van der Waals surface area contributed by atoms with Crippen LogP contribution in [0.2, 0.25) is 0 Å². The number of carbonyl (C=O) groups excluding carboxylic acids is 1. The molecule has 0 bridgehead atoms. The van der Waals surface area contributed by atoms with Crippen LogP contribution in [0.1, 0.15) is 19.4 Å². The number of aromatic nitrogens is 4. The number of amides is 1. The highest BCUT2D eigenvalue weighted by molar-refractivity contribution is 5.84. The topological polar surface area (TPSA) is 98.8 Å². The van der Waals surface area contributed by atoms with E-state index in [9.17, 15) is 4.79 Å². The molecule has 32 heavy (non-hydrogen) atoms. The first-order valence-corrected chi connectivity index (χ1v) is 11.1. The monoisotopic (exact) mass is 438 g/mol. The number of benzene rings is 1. The molecule has 1 atom stereocenters. The van der Waals surface area contributed by atoms with E-state index in [4.69, 9.17) is 14.0 Å². The molecule has 0 unspecified atom stereocenters. The lowest BCUT2D eigenvalue weighted by molar-refractivity contribution is -0.141. The highest BCUT2D eigenvalue weighted by atomic mass is 16.5. The third-order valence-electron chi connectivity index (χ3n) is 6.81. The van der Waals surface area contributed by atoms with Gasteiger partial charge in [-0.15, -0.1) is 0 Å². The lowest BCUT2D eigenvalue weighted by atomic mass is 9.88. The van der Waals surface area contributed by atoms with Crippen molar-refractivity contribution in [3.05, 3.63) is 24.4 Å². The SMILES string of the molecule is C[C@@]1(C(=O)N2CCN(c3nc(-c4ccc5cnn(C6COC6)c5c4)no3)CC2)CCOC1. The van der Waals surface area contributed by atoms with Gasteiger partial charge in [-0.2, -0.15) is 10.1 Å². The molecule has 168 valence electrons. The summed E-state index contributed by atoms with van der Waals surface area (Å²) in [7, 11) is 0. The Hall–Kier alpha value is -2.98. The molecule has 3 fully saturated rings. The van der Waals surface area contributed by atoms with Crippen LogP contribution < -0.4 is 4.90 Å². The fourth-order valence-electron chi connectivity index (χ4n) is 4.61. The molecule has 0 N–H and O–H groups in total. The summed E-state index contributed by atoms with van der Waals surface area (Å²) in [5, 5.41) is 9.80. The zero-order chi connectivity index (χ0) is 21.7. The molecule has 6 rings (SSSR count).